The van der Waals surface area contributed by atoms with Gasteiger partial charge in [-0.15, -0.1) is 0 Å². The average Bonchev–Trinajstić information content (AvgIpc) is 2.94. The summed E-state index contributed by atoms with van der Waals surface area (Å²) in [6.45, 7) is 3.69. The Balaban J connectivity index is 2.18. The standard InChI is InChI=1S/C13H23N3O4/c1-2-10(7-12(18)19)8-14-13(20)15-9-11(17)16-5-3-4-6-16/h10H,2-9H2,1H3,(H,18,19)(H2,14,15,20). The average molecular weight is 285 g/mol. The largest absolute Gasteiger partial charge is 0.481 e. The van der Waals surface area contributed by atoms with Crippen molar-refractivity contribution in [1.82, 2.24) is 15.5 Å². The number of aliphatic carboxylic acids is 1. The first-order valence-electron chi connectivity index (χ1n) is 7.04. The summed E-state index contributed by atoms with van der Waals surface area (Å²) in [4.78, 5) is 35.6. The Bertz CT molecular complexity index is 354. The highest BCUT2D eigenvalue weighted by atomic mass is 16.4. The van der Waals surface area contributed by atoms with Gasteiger partial charge in [-0.25, -0.2) is 4.79 Å². The van der Waals surface area contributed by atoms with Crippen LogP contribution in [0.1, 0.15) is 32.6 Å². The number of carbonyl (C=O) groups excluding carboxylic acids is 2. The lowest BCUT2D eigenvalue weighted by Crippen LogP contribution is -2.44. The van der Waals surface area contributed by atoms with E-state index in [-0.39, 0.29) is 24.8 Å². The van der Waals surface area contributed by atoms with Crippen molar-refractivity contribution >= 4 is 17.9 Å². The van der Waals surface area contributed by atoms with E-state index in [2.05, 4.69) is 10.6 Å². The normalized spacial score (nSPS) is 15.8. The van der Waals surface area contributed by atoms with Gasteiger partial charge < -0.3 is 20.6 Å². The van der Waals surface area contributed by atoms with Gasteiger partial charge in [0.1, 0.15) is 0 Å². The first-order chi connectivity index (χ1) is 9.52. The molecule has 1 unspecified atom stereocenters. The van der Waals surface area contributed by atoms with Gasteiger partial charge >= 0.3 is 12.0 Å². The van der Waals surface area contributed by atoms with Crippen molar-refractivity contribution in [3.05, 3.63) is 0 Å². The number of carboxylic acids is 1. The molecule has 114 valence electrons. The van der Waals surface area contributed by atoms with Crippen molar-refractivity contribution in [2.75, 3.05) is 26.2 Å². The molecule has 3 amide bonds. The molecular formula is C13H23N3O4. The smallest absolute Gasteiger partial charge is 0.315 e. The molecule has 7 heteroatoms. The minimum atomic E-state index is -0.872. The third kappa shape index (κ3) is 5.90. The number of carboxylic acid groups (broad SMARTS) is 1. The monoisotopic (exact) mass is 285 g/mol. The molecule has 0 aromatic carbocycles. The fourth-order valence-electron chi connectivity index (χ4n) is 2.14. The predicted octanol–water partition coefficient (Wildman–Crippen LogP) is 0.409. The Hall–Kier alpha value is -1.79. The Labute approximate surface area is 118 Å². The first-order valence-corrected chi connectivity index (χ1v) is 7.04. The van der Waals surface area contributed by atoms with Crippen molar-refractivity contribution in [3.63, 3.8) is 0 Å². The highest BCUT2D eigenvalue weighted by Gasteiger charge is 2.18. The van der Waals surface area contributed by atoms with E-state index in [4.69, 9.17) is 5.11 Å². The van der Waals surface area contributed by atoms with Gasteiger partial charge in [0.2, 0.25) is 5.91 Å². The van der Waals surface area contributed by atoms with E-state index < -0.39 is 12.0 Å². The van der Waals surface area contributed by atoms with Crippen LogP contribution in [0.3, 0.4) is 0 Å². The molecule has 0 radical (unpaired) electrons. The summed E-state index contributed by atoms with van der Waals surface area (Å²) in [5.74, 6) is -1.04. The quantitative estimate of drug-likeness (QED) is 0.631. The molecular weight excluding hydrogens is 262 g/mol. The number of hydrogen-bond acceptors (Lipinski definition) is 3. The number of urea groups is 1. The highest BCUT2D eigenvalue weighted by Crippen LogP contribution is 2.07. The zero-order valence-corrected chi connectivity index (χ0v) is 11.9. The molecule has 0 bridgehead atoms. The van der Waals surface area contributed by atoms with Gasteiger partial charge in [0.15, 0.2) is 0 Å². The first kappa shape index (κ1) is 16.3. The molecule has 1 atom stereocenters. The summed E-state index contributed by atoms with van der Waals surface area (Å²) in [5.41, 5.74) is 0. The molecule has 0 spiro atoms. The summed E-state index contributed by atoms with van der Waals surface area (Å²) in [6.07, 6.45) is 2.75. The Morgan fingerprint density at radius 2 is 1.85 bits per heavy atom. The van der Waals surface area contributed by atoms with Gasteiger partial charge in [-0.05, 0) is 18.8 Å². The van der Waals surface area contributed by atoms with Gasteiger partial charge in [0.25, 0.3) is 0 Å². The molecule has 1 heterocycles. The van der Waals surface area contributed by atoms with Crippen LogP contribution >= 0.6 is 0 Å². The molecule has 0 saturated carbocycles. The molecule has 7 nitrogen and oxygen atoms in total. The minimum Gasteiger partial charge on any atom is -0.481 e. The fraction of sp³-hybridized carbons (Fsp3) is 0.769. The molecule has 0 aromatic rings. The van der Waals surface area contributed by atoms with E-state index in [9.17, 15) is 14.4 Å². The van der Waals surface area contributed by atoms with Crippen LogP contribution in [-0.2, 0) is 9.59 Å². The van der Waals surface area contributed by atoms with Gasteiger partial charge in [-0.1, -0.05) is 13.3 Å². The Morgan fingerprint density at radius 3 is 2.40 bits per heavy atom. The molecule has 1 rings (SSSR count). The molecule has 1 aliphatic rings. The Morgan fingerprint density at radius 1 is 1.20 bits per heavy atom. The molecule has 1 aliphatic heterocycles. The third-order valence-electron chi connectivity index (χ3n) is 3.45. The maximum absolute atomic E-state index is 11.7. The number of likely N-dealkylation sites (tertiary alicyclic amines) is 1. The lowest BCUT2D eigenvalue weighted by atomic mass is 10.0. The molecule has 0 aromatic heterocycles. The predicted molar refractivity (Wildman–Crippen MR) is 73.2 cm³/mol. The summed E-state index contributed by atoms with van der Waals surface area (Å²) >= 11 is 0. The van der Waals surface area contributed by atoms with Crippen LogP contribution in [0.15, 0.2) is 0 Å². The molecule has 1 fully saturated rings. The molecule has 0 aliphatic carbocycles. The molecule has 1 saturated heterocycles. The SMILES string of the molecule is CCC(CNC(=O)NCC(=O)N1CCCC1)CC(=O)O. The summed E-state index contributed by atoms with van der Waals surface area (Å²) in [6, 6.07) is -0.429. The third-order valence-corrected chi connectivity index (χ3v) is 3.45. The highest BCUT2D eigenvalue weighted by molar-refractivity contribution is 5.84. The summed E-state index contributed by atoms with van der Waals surface area (Å²) < 4.78 is 0. The summed E-state index contributed by atoms with van der Waals surface area (Å²) in [7, 11) is 0. The van der Waals surface area contributed by atoms with E-state index >= 15 is 0 Å². The van der Waals surface area contributed by atoms with Crippen LogP contribution < -0.4 is 10.6 Å². The van der Waals surface area contributed by atoms with Gasteiger partial charge in [0.05, 0.1) is 6.54 Å². The number of nitrogens with one attached hydrogen (secondary N) is 2. The fourth-order valence-corrected chi connectivity index (χ4v) is 2.14. The van der Waals surface area contributed by atoms with E-state index in [0.717, 1.165) is 25.9 Å². The van der Waals surface area contributed by atoms with Crippen LogP contribution in [0.5, 0.6) is 0 Å². The second-order valence-corrected chi connectivity index (χ2v) is 5.02. The zero-order chi connectivity index (χ0) is 15.0. The molecule has 20 heavy (non-hydrogen) atoms. The van der Waals surface area contributed by atoms with Crippen LogP contribution in [0.2, 0.25) is 0 Å². The van der Waals surface area contributed by atoms with Crippen LogP contribution in [0, 0.1) is 5.92 Å². The van der Waals surface area contributed by atoms with E-state index in [1.54, 1.807) is 4.90 Å². The van der Waals surface area contributed by atoms with Crippen LogP contribution in [-0.4, -0.2) is 54.1 Å². The van der Waals surface area contributed by atoms with E-state index in [1.165, 1.54) is 0 Å². The number of amides is 3. The Kier molecular flexibility index (Phi) is 6.83. The van der Waals surface area contributed by atoms with Crippen molar-refractivity contribution in [2.24, 2.45) is 5.92 Å². The van der Waals surface area contributed by atoms with Crippen LogP contribution in [0.25, 0.3) is 0 Å². The van der Waals surface area contributed by atoms with Gasteiger partial charge in [-0.3, -0.25) is 9.59 Å². The maximum atomic E-state index is 11.7. The lowest BCUT2D eigenvalue weighted by Gasteiger charge is -2.17. The van der Waals surface area contributed by atoms with Crippen LogP contribution in [0.4, 0.5) is 4.79 Å². The maximum Gasteiger partial charge on any atom is 0.315 e. The zero-order valence-electron chi connectivity index (χ0n) is 11.9. The topological polar surface area (TPSA) is 98.7 Å². The number of carbonyl (C=O) groups is 3. The number of hydrogen-bond donors (Lipinski definition) is 3. The van der Waals surface area contributed by atoms with Crippen molar-refractivity contribution < 1.29 is 19.5 Å². The lowest BCUT2D eigenvalue weighted by molar-refractivity contribution is -0.138. The van der Waals surface area contributed by atoms with E-state index in [1.807, 2.05) is 6.92 Å². The second-order valence-electron chi connectivity index (χ2n) is 5.02. The second kappa shape index (κ2) is 8.39. The number of rotatable bonds is 7. The minimum absolute atomic E-state index is 0.0123. The van der Waals surface area contributed by atoms with Crippen molar-refractivity contribution in [3.8, 4) is 0 Å². The van der Waals surface area contributed by atoms with Gasteiger partial charge in [-0.2, -0.15) is 0 Å². The van der Waals surface area contributed by atoms with Crippen molar-refractivity contribution in [2.45, 2.75) is 32.6 Å². The van der Waals surface area contributed by atoms with E-state index in [0.29, 0.717) is 13.0 Å². The molecule has 3 N–H and O–H groups in total. The number of nitrogens with zero attached hydrogens (tertiary/aromatic N) is 1. The van der Waals surface area contributed by atoms with Gasteiger partial charge in [0, 0.05) is 26.1 Å². The van der Waals surface area contributed by atoms with Crippen molar-refractivity contribution in [1.29, 1.82) is 0 Å². The summed E-state index contributed by atoms with van der Waals surface area (Å²) in [5, 5.41) is 13.8.